The van der Waals surface area contributed by atoms with Crippen molar-refractivity contribution in [3.8, 4) is 0 Å². The molecule has 2 rings (SSSR count). The molecule has 1 unspecified atom stereocenters. The Morgan fingerprint density at radius 1 is 1.26 bits per heavy atom. The molecule has 1 atom stereocenters. The maximum atomic E-state index is 10.1. The summed E-state index contributed by atoms with van der Waals surface area (Å²) in [6, 6.07) is 9.24. The van der Waals surface area contributed by atoms with Gasteiger partial charge in [0.05, 0.1) is 6.61 Å². The third-order valence-electron chi connectivity index (χ3n) is 2.49. The molecule has 0 spiro atoms. The Kier molecular flexibility index (Phi) is 7.94. The van der Waals surface area contributed by atoms with Gasteiger partial charge in [0.15, 0.2) is 0 Å². The highest BCUT2D eigenvalue weighted by Crippen LogP contribution is 2.17. The summed E-state index contributed by atoms with van der Waals surface area (Å²) in [4.78, 5) is 8.30. The van der Waals surface area contributed by atoms with Gasteiger partial charge in [0, 0.05) is 4.57 Å². The molecule has 1 aliphatic carbocycles. The van der Waals surface area contributed by atoms with E-state index in [0.717, 1.165) is 24.0 Å². The van der Waals surface area contributed by atoms with Crippen LogP contribution in [0.25, 0.3) is 0 Å². The second kappa shape index (κ2) is 9.59. The molecule has 0 aliphatic heterocycles. The molecule has 2 N–H and O–H groups in total. The lowest BCUT2D eigenvalue weighted by Crippen LogP contribution is -1.91. The molecule has 0 heterocycles. The van der Waals surface area contributed by atoms with Crippen molar-refractivity contribution in [2.24, 2.45) is 0 Å². The molecule has 0 aromatic heterocycles. The zero-order chi connectivity index (χ0) is 13.9. The lowest BCUT2D eigenvalue weighted by Gasteiger charge is -2.02. The van der Waals surface area contributed by atoms with Crippen LogP contribution >= 0.6 is 8.25 Å². The van der Waals surface area contributed by atoms with Gasteiger partial charge in [0.25, 0.3) is 0 Å². The van der Waals surface area contributed by atoms with Gasteiger partial charge in [-0.15, -0.1) is 9.42 Å². The van der Waals surface area contributed by atoms with Crippen molar-refractivity contribution in [2.75, 3.05) is 6.61 Å². The van der Waals surface area contributed by atoms with Crippen molar-refractivity contribution < 1.29 is 19.1 Å². The summed E-state index contributed by atoms with van der Waals surface area (Å²) in [6.45, 7) is 0.414. The quantitative estimate of drug-likeness (QED) is 0.832. The zero-order valence-corrected chi connectivity index (χ0v) is 11.5. The van der Waals surface area contributed by atoms with Gasteiger partial charge in [-0.3, -0.25) is 0 Å². The number of hydrogen-bond donors (Lipinski definition) is 2. The largest absolute Gasteiger partial charge is 0.695 e. The fourth-order valence-corrected chi connectivity index (χ4v) is 1.75. The first-order chi connectivity index (χ1) is 9.22. The summed E-state index contributed by atoms with van der Waals surface area (Å²) >= 11 is 0. The van der Waals surface area contributed by atoms with E-state index >= 15 is 0 Å². The van der Waals surface area contributed by atoms with Crippen molar-refractivity contribution in [2.45, 2.75) is 19.4 Å². The number of aliphatic hydroxyl groups is 1. The molecular formula is C14H18O4P+. The van der Waals surface area contributed by atoms with Crippen LogP contribution in [0, 0.1) is 0 Å². The molecule has 0 amide bonds. The fourth-order valence-electron chi connectivity index (χ4n) is 1.49. The van der Waals surface area contributed by atoms with E-state index < -0.39 is 8.25 Å². The lowest BCUT2D eigenvalue weighted by atomic mass is 10.1. The van der Waals surface area contributed by atoms with Crippen molar-refractivity contribution >= 4 is 8.25 Å². The molecule has 1 aliphatic rings. The number of hydrogen-bond acceptors (Lipinski definition) is 3. The fraction of sp³-hybridized carbons (Fsp3) is 0.286. The molecule has 0 saturated heterocycles. The standard InChI is InChI=1S/C7H7O3P.C7H10O/c8-11(9)10-6-7-4-2-1-3-5-7;8-6-7-4-2-1-3-5-7/h1-5H,6H2;1-2,4,8H,3,5-6H2/p+1. The molecule has 1 aromatic rings. The first kappa shape index (κ1) is 15.7. The zero-order valence-electron chi connectivity index (χ0n) is 10.6. The minimum absolute atomic E-state index is 0.187. The first-order valence-corrected chi connectivity index (χ1v) is 7.14. The normalized spacial score (nSPS) is 14.2. The van der Waals surface area contributed by atoms with Crippen LogP contribution in [-0.4, -0.2) is 16.6 Å². The third kappa shape index (κ3) is 7.65. The Hall–Kier alpha value is -1.32. The number of allylic oxidation sites excluding steroid dienone is 3. The van der Waals surface area contributed by atoms with Gasteiger partial charge in [0.2, 0.25) is 0 Å². The molecule has 1 aromatic carbocycles. The average Bonchev–Trinajstić information content (AvgIpc) is 2.48. The minimum Gasteiger partial charge on any atom is -0.392 e. The Morgan fingerprint density at radius 3 is 2.47 bits per heavy atom. The van der Waals surface area contributed by atoms with Gasteiger partial charge in [-0.1, -0.05) is 48.6 Å². The van der Waals surface area contributed by atoms with E-state index in [4.69, 9.17) is 10.00 Å². The summed E-state index contributed by atoms with van der Waals surface area (Å²) < 4.78 is 14.6. The summed E-state index contributed by atoms with van der Waals surface area (Å²) in [7, 11) is -2.47. The number of benzene rings is 1. The van der Waals surface area contributed by atoms with Crippen LogP contribution in [0.15, 0.2) is 54.1 Å². The molecule has 0 fully saturated rings. The predicted molar refractivity (Wildman–Crippen MR) is 74.6 cm³/mol. The van der Waals surface area contributed by atoms with E-state index in [1.807, 2.05) is 42.5 Å². The Morgan fingerprint density at radius 2 is 2.00 bits per heavy atom. The molecular weight excluding hydrogens is 263 g/mol. The molecule has 4 nitrogen and oxygen atoms in total. The highest BCUT2D eigenvalue weighted by atomic mass is 31.1. The second-order valence-electron chi connectivity index (χ2n) is 3.95. The van der Waals surface area contributed by atoms with Gasteiger partial charge in [-0.2, -0.15) is 0 Å². The van der Waals surface area contributed by atoms with E-state index in [9.17, 15) is 4.57 Å². The van der Waals surface area contributed by atoms with E-state index in [-0.39, 0.29) is 13.2 Å². The van der Waals surface area contributed by atoms with Crippen molar-refractivity contribution in [1.82, 2.24) is 0 Å². The third-order valence-corrected chi connectivity index (χ3v) is 2.84. The Balaban J connectivity index is 0.000000200. The van der Waals surface area contributed by atoms with Crippen LogP contribution in [-0.2, 0) is 15.7 Å². The summed E-state index contributed by atoms with van der Waals surface area (Å²) in [5, 5.41) is 8.59. The van der Waals surface area contributed by atoms with Crippen LogP contribution in [0.1, 0.15) is 18.4 Å². The topological polar surface area (TPSA) is 66.8 Å². The highest BCUT2D eigenvalue weighted by molar-refractivity contribution is 7.32. The monoisotopic (exact) mass is 281 g/mol. The molecule has 0 radical (unpaired) electrons. The Labute approximate surface area is 114 Å². The van der Waals surface area contributed by atoms with Crippen molar-refractivity contribution in [3.05, 3.63) is 59.7 Å². The van der Waals surface area contributed by atoms with E-state index in [1.54, 1.807) is 0 Å². The van der Waals surface area contributed by atoms with Crippen LogP contribution in [0.3, 0.4) is 0 Å². The molecule has 19 heavy (non-hydrogen) atoms. The lowest BCUT2D eigenvalue weighted by molar-refractivity contribution is 0.272. The molecule has 102 valence electrons. The summed E-state index contributed by atoms with van der Waals surface area (Å²) in [5.74, 6) is 0. The van der Waals surface area contributed by atoms with Gasteiger partial charge in [-0.25, -0.2) is 0 Å². The van der Waals surface area contributed by atoms with E-state index in [2.05, 4.69) is 10.6 Å². The smallest absolute Gasteiger partial charge is 0.392 e. The summed E-state index contributed by atoms with van der Waals surface area (Å²) in [5.41, 5.74) is 2.04. The second-order valence-corrected chi connectivity index (χ2v) is 4.68. The SMILES string of the molecule is O=[P+](O)OCc1ccccc1.OCC1=CC=CCC1. The maximum Gasteiger partial charge on any atom is 0.695 e. The predicted octanol–water partition coefficient (Wildman–Crippen LogP) is 3.11. The van der Waals surface area contributed by atoms with Crippen molar-refractivity contribution in [1.29, 1.82) is 0 Å². The van der Waals surface area contributed by atoms with E-state index in [1.165, 1.54) is 0 Å². The summed E-state index contributed by atoms with van der Waals surface area (Å²) in [6.07, 6.45) is 8.21. The number of rotatable bonds is 4. The highest BCUT2D eigenvalue weighted by Gasteiger charge is 2.10. The first-order valence-electron chi connectivity index (χ1n) is 6.00. The molecule has 5 heteroatoms. The van der Waals surface area contributed by atoms with Crippen LogP contribution in [0.4, 0.5) is 0 Å². The van der Waals surface area contributed by atoms with Gasteiger partial charge in [0.1, 0.15) is 6.61 Å². The molecule has 0 bridgehead atoms. The minimum atomic E-state index is -2.47. The van der Waals surface area contributed by atoms with Crippen molar-refractivity contribution in [3.63, 3.8) is 0 Å². The average molecular weight is 281 g/mol. The van der Waals surface area contributed by atoms with Crippen LogP contribution in [0.2, 0.25) is 0 Å². The number of aliphatic hydroxyl groups excluding tert-OH is 1. The van der Waals surface area contributed by atoms with Crippen LogP contribution in [0.5, 0.6) is 0 Å². The molecule has 0 saturated carbocycles. The maximum absolute atomic E-state index is 10.1. The van der Waals surface area contributed by atoms with Gasteiger partial charge < -0.3 is 5.11 Å². The van der Waals surface area contributed by atoms with Gasteiger partial charge >= 0.3 is 8.25 Å². The van der Waals surface area contributed by atoms with Crippen LogP contribution < -0.4 is 0 Å². The van der Waals surface area contributed by atoms with Gasteiger partial charge in [-0.05, 0) is 24.0 Å². The Bertz CT molecular complexity index is 440. The van der Waals surface area contributed by atoms with E-state index in [0.29, 0.717) is 0 Å².